The third kappa shape index (κ3) is 3.82. The summed E-state index contributed by atoms with van der Waals surface area (Å²) in [6.45, 7) is 11.3. The first-order valence-electron chi connectivity index (χ1n) is 9.63. The number of carbonyl (C=O) groups excluding carboxylic acids is 3. The van der Waals surface area contributed by atoms with Crippen LogP contribution in [0.25, 0.3) is 5.57 Å². The van der Waals surface area contributed by atoms with E-state index in [4.69, 9.17) is 21.7 Å². The zero-order chi connectivity index (χ0) is 24.0. The summed E-state index contributed by atoms with van der Waals surface area (Å²) < 4.78 is 10.4. The lowest BCUT2D eigenvalue weighted by atomic mass is 9.82. The van der Waals surface area contributed by atoms with Crippen molar-refractivity contribution in [3.05, 3.63) is 55.5 Å². The number of methoxy groups -OCH3 is 2. The molecule has 0 saturated heterocycles. The fourth-order valence-electron chi connectivity index (χ4n) is 3.56. The first-order valence-corrected chi connectivity index (χ1v) is 11.7. The molecule has 1 aromatic rings. The average Bonchev–Trinajstić information content (AvgIpc) is 3.19. The molecule has 0 aliphatic carbocycles. The van der Waals surface area contributed by atoms with Crippen molar-refractivity contribution in [2.45, 2.75) is 33.2 Å². The van der Waals surface area contributed by atoms with Gasteiger partial charge in [-0.3, -0.25) is 9.69 Å². The highest BCUT2D eigenvalue weighted by Crippen LogP contribution is 2.56. The van der Waals surface area contributed by atoms with Crippen molar-refractivity contribution in [3.8, 4) is 0 Å². The summed E-state index contributed by atoms with van der Waals surface area (Å²) in [7, 11) is 2.52. The average molecular weight is 490 g/mol. The van der Waals surface area contributed by atoms with Crippen LogP contribution in [-0.2, 0) is 23.9 Å². The minimum absolute atomic E-state index is 0.155. The highest BCUT2D eigenvalue weighted by Gasteiger charge is 2.45. The molecule has 0 aromatic heterocycles. The lowest BCUT2D eigenvalue weighted by molar-refractivity contribution is -0.138. The topological polar surface area (TPSA) is 72.9 Å². The van der Waals surface area contributed by atoms with E-state index in [1.807, 2.05) is 39.8 Å². The van der Waals surface area contributed by atoms with Crippen LogP contribution in [0.1, 0.15) is 30.5 Å². The molecule has 3 rings (SSSR count). The lowest BCUT2D eigenvalue weighted by Gasteiger charge is -2.45. The summed E-state index contributed by atoms with van der Waals surface area (Å²) in [5.74, 6) is -1.51. The molecule has 0 saturated carbocycles. The van der Waals surface area contributed by atoms with E-state index in [9.17, 15) is 14.4 Å². The third-order valence-corrected chi connectivity index (χ3v) is 8.66. The van der Waals surface area contributed by atoms with Gasteiger partial charge in [-0.15, -0.1) is 0 Å². The number of thioether (sulfide) groups is 2. The van der Waals surface area contributed by atoms with Crippen molar-refractivity contribution >= 4 is 69.7 Å². The molecule has 2 aliphatic heterocycles. The van der Waals surface area contributed by atoms with Crippen molar-refractivity contribution < 1.29 is 23.9 Å². The number of amides is 1. The molecular weight excluding hydrogens is 466 g/mol. The maximum atomic E-state index is 12.9. The fraction of sp³-hybridized carbons (Fsp3) is 0.304. The largest absolute Gasteiger partial charge is 0.465 e. The number of rotatable bonds is 3. The normalized spacial score (nSPS) is 17.3. The second kappa shape index (κ2) is 8.88. The van der Waals surface area contributed by atoms with Crippen LogP contribution in [0.3, 0.4) is 0 Å². The number of benzene rings is 1. The van der Waals surface area contributed by atoms with Crippen LogP contribution in [-0.4, -0.2) is 42.5 Å². The van der Waals surface area contributed by atoms with Crippen LogP contribution >= 0.6 is 35.7 Å². The Labute approximate surface area is 201 Å². The standard InChI is InChI=1S/C23H23NO5S3/c1-8-15(25)24-14-10-12(3)11(2)9-13(14)16(19(30)23(24,4)5)22-31-17(20(26)28-6)18(32-22)21(27)29-7/h8-10H,1H2,2-7H3. The molecular formula is C23H23NO5S3. The van der Waals surface area contributed by atoms with Gasteiger partial charge in [0, 0.05) is 11.1 Å². The van der Waals surface area contributed by atoms with Gasteiger partial charge in [0.25, 0.3) is 5.91 Å². The van der Waals surface area contributed by atoms with Gasteiger partial charge in [0.05, 0.1) is 34.5 Å². The van der Waals surface area contributed by atoms with Crippen molar-refractivity contribution in [2.75, 3.05) is 19.1 Å². The maximum absolute atomic E-state index is 12.9. The van der Waals surface area contributed by atoms with E-state index in [0.717, 1.165) is 40.2 Å². The van der Waals surface area contributed by atoms with Gasteiger partial charge in [-0.1, -0.05) is 42.3 Å². The second-order valence-corrected chi connectivity index (χ2v) is 10.4. The molecule has 0 spiro atoms. The number of hydrogen-bond donors (Lipinski definition) is 0. The maximum Gasteiger partial charge on any atom is 0.346 e. The molecule has 6 nitrogen and oxygen atoms in total. The van der Waals surface area contributed by atoms with Gasteiger partial charge in [-0.05, 0) is 57.0 Å². The van der Waals surface area contributed by atoms with E-state index in [0.29, 0.717) is 20.4 Å². The van der Waals surface area contributed by atoms with Crippen LogP contribution in [0.2, 0.25) is 0 Å². The molecule has 32 heavy (non-hydrogen) atoms. The Kier molecular flexibility index (Phi) is 6.74. The van der Waals surface area contributed by atoms with Gasteiger partial charge in [0.2, 0.25) is 0 Å². The molecule has 2 heterocycles. The molecule has 168 valence electrons. The summed E-state index contributed by atoms with van der Waals surface area (Å²) in [4.78, 5) is 40.1. The number of ether oxygens (including phenoxy) is 2. The van der Waals surface area contributed by atoms with E-state index in [2.05, 4.69) is 6.58 Å². The quantitative estimate of drug-likeness (QED) is 0.344. The van der Waals surface area contributed by atoms with Crippen molar-refractivity contribution in [2.24, 2.45) is 0 Å². The van der Waals surface area contributed by atoms with Crippen LogP contribution in [0.4, 0.5) is 5.69 Å². The highest BCUT2D eigenvalue weighted by atomic mass is 32.2. The SMILES string of the molecule is C=CC(=O)N1c2cc(C)c(C)cc2C(=C2SC(C(=O)OC)=C(C(=O)OC)S2)C(=S)C1(C)C. The predicted molar refractivity (Wildman–Crippen MR) is 133 cm³/mol. The Bertz CT molecular complexity index is 1120. The molecule has 0 fully saturated rings. The Balaban J connectivity index is 2.31. The van der Waals surface area contributed by atoms with E-state index in [1.54, 1.807) is 4.90 Å². The molecule has 0 radical (unpaired) electrons. The molecule has 1 amide bonds. The monoisotopic (exact) mass is 489 g/mol. The number of carbonyl (C=O) groups is 3. The minimum Gasteiger partial charge on any atom is -0.465 e. The molecule has 0 bridgehead atoms. The van der Waals surface area contributed by atoms with Crippen LogP contribution < -0.4 is 4.90 Å². The van der Waals surface area contributed by atoms with Crippen LogP contribution in [0, 0.1) is 13.8 Å². The zero-order valence-electron chi connectivity index (χ0n) is 18.7. The van der Waals surface area contributed by atoms with Crippen molar-refractivity contribution in [3.63, 3.8) is 0 Å². The second-order valence-electron chi connectivity index (χ2n) is 7.73. The molecule has 0 atom stereocenters. The number of aryl methyl sites for hydroxylation is 2. The van der Waals surface area contributed by atoms with E-state index in [-0.39, 0.29) is 15.7 Å². The Hall–Kier alpha value is -2.36. The van der Waals surface area contributed by atoms with E-state index in [1.165, 1.54) is 20.3 Å². The summed E-state index contributed by atoms with van der Waals surface area (Å²) >= 11 is 8.16. The van der Waals surface area contributed by atoms with Gasteiger partial charge < -0.3 is 9.47 Å². The van der Waals surface area contributed by atoms with Crippen molar-refractivity contribution in [1.82, 2.24) is 0 Å². The van der Waals surface area contributed by atoms with Gasteiger partial charge in [-0.25, -0.2) is 9.59 Å². The molecule has 9 heteroatoms. The highest BCUT2D eigenvalue weighted by molar-refractivity contribution is 8.29. The first-order chi connectivity index (χ1) is 15.0. The number of fused-ring (bicyclic) bond motifs is 1. The van der Waals surface area contributed by atoms with Crippen LogP contribution in [0.15, 0.2) is 38.8 Å². The summed E-state index contributed by atoms with van der Waals surface area (Å²) in [5, 5.41) is 0. The van der Waals surface area contributed by atoms with Gasteiger partial charge in [-0.2, -0.15) is 0 Å². The zero-order valence-corrected chi connectivity index (χ0v) is 21.1. The number of hydrogen-bond acceptors (Lipinski definition) is 8. The van der Waals surface area contributed by atoms with Crippen molar-refractivity contribution in [1.29, 1.82) is 0 Å². The Morgan fingerprint density at radius 1 is 1.03 bits per heavy atom. The van der Waals surface area contributed by atoms with Crippen LogP contribution in [0.5, 0.6) is 0 Å². The fourth-order valence-corrected chi connectivity index (χ4v) is 6.59. The first kappa shape index (κ1) is 24.3. The smallest absolute Gasteiger partial charge is 0.346 e. The Morgan fingerprint density at radius 2 is 1.53 bits per heavy atom. The summed E-state index contributed by atoms with van der Waals surface area (Å²) in [6, 6.07) is 3.93. The van der Waals surface area contributed by atoms with E-state index < -0.39 is 17.5 Å². The molecule has 0 N–H and O–H groups in total. The molecule has 1 aromatic carbocycles. The van der Waals surface area contributed by atoms with Gasteiger partial charge in [0.1, 0.15) is 9.81 Å². The van der Waals surface area contributed by atoms with Gasteiger partial charge in [0.15, 0.2) is 0 Å². The van der Waals surface area contributed by atoms with Gasteiger partial charge >= 0.3 is 11.9 Å². The number of esters is 2. The molecule has 0 unspecified atom stereocenters. The number of nitrogens with zero attached hydrogens (tertiary/aromatic N) is 1. The Morgan fingerprint density at radius 3 is 2.00 bits per heavy atom. The predicted octanol–water partition coefficient (Wildman–Crippen LogP) is 4.69. The van der Waals surface area contributed by atoms with E-state index >= 15 is 0 Å². The number of anilines is 1. The number of thiocarbonyl (C=S) groups is 1. The summed E-state index contributed by atoms with van der Waals surface area (Å²) in [5.41, 5.74) is 3.38. The minimum atomic E-state index is -0.849. The lowest BCUT2D eigenvalue weighted by Crippen LogP contribution is -2.55. The third-order valence-electron chi connectivity index (χ3n) is 5.40. The molecule has 2 aliphatic rings. The summed E-state index contributed by atoms with van der Waals surface area (Å²) in [6.07, 6.45) is 1.27.